The van der Waals surface area contributed by atoms with Crippen LogP contribution in [0.5, 0.6) is 5.75 Å². The van der Waals surface area contributed by atoms with Gasteiger partial charge < -0.3 is 9.64 Å². The van der Waals surface area contributed by atoms with Gasteiger partial charge in [0.15, 0.2) is 0 Å². The first-order chi connectivity index (χ1) is 15.1. The summed E-state index contributed by atoms with van der Waals surface area (Å²) in [5, 5.41) is 0. The summed E-state index contributed by atoms with van der Waals surface area (Å²) in [5.74, 6) is 0.258. The molecule has 0 aliphatic carbocycles. The molecule has 4 aromatic carbocycles. The lowest BCUT2D eigenvalue weighted by molar-refractivity contribution is 0.0985. The van der Waals surface area contributed by atoms with E-state index in [4.69, 9.17) is 4.74 Å². The van der Waals surface area contributed by atoms with E-state index in [0.717, 1.165) is 22.4 Å². The number of ether oxygens (including phenoxy) is 1. The van der Waals surface area contributed by atoms with E-state index < -0.39 is 0 Å². The van der Waals surface area contributed by atoms with E-state index in [-0.39, 0.29) is 11.7 Å². The molecule has 0 aliphatic heterocycles. The molecule has 0 unspecified atom stereocenters. The Bertz CT molecular complexity index is 1160. The molecule has 0 fully saturated rings. The fourth-order valence-electron chi connectivity index (χ4n) is 3.43. The molecule has 31 heavy (non-hydrogen) atoms. The number of hydrogen-bond acceptors (Lipinski definition) is 2. The van der Waals surface area contributed by atoms with Crippen LogP contribution in [0.25, 0.3) is 11.1 Å². The van der Waals surface area contributed by atoms with Crippen molar-refractivity contribution in [3.8, 4) is 16.9 Å². The van der Waals surface area contributed by atoms with Gasteiger partial charge in [0, 0.05) is 11.3 Å². The standard InChI is InChI=1S/C27H22FNO2/c1-31-26-16-14-22(15-17-26)21-12-10-20(11-13-21)19-29(25-9-5-8-24(28)18-25)27(30)23-6-3-2-4-7-23/h2-18H,19H2,1H3. The molecule has 4 heteroatoms. The predicted octanol–water partition coefficient (Wildman–Crippen LogP) is 6.35. The normalized spacial score (nSPS) is 10.5. The van der Waals surface area contributed by atoms with Crippen LogP contribution in [0.15, 0.2) is 103 Å². The van der Waals surface area contributed by atoms with E-state index in [1.807, 2.05) is 66.7 Å². The first-order valence-corrected chi connectivity index (χ1v) is 10.00. The molecular weight excluding hydrogens is 389 g/mol. The average molecular weight is 411 g/mol. The van der Waals surface area contributed by atoms with Crippen LogP contribution in [0.2, 0.25) is 0 Å². The molecule has 0 aromatic heterocycles. The van der Waals surface area contributed by atoms with Crippen LogP contribution < -0.4 is 9.64 Å². The predicted molar refractivity (Wildman–Crippen MR) is 122 cm³/mol. The van der Waals surface area contributed by atoms with Crippen molar-refractivity contribution in [2.45, 2.75) is 6.54 Å². The Hall–Kier alpha value is -3.92. The molecule has 154 valence electrons. The summed E-state index contributed by atoms with van der Waals surface area (Å²) >= 11 is 0. The summed E-state index contributed by atoms with van der Waals surface area (Å²) < 4.78 is 19.1. The van der Waals surface area contributed by atoms with Gasteiger partial charge in [-0.3, -0.25) is 4.79 Å². The Morgan fingerprint density at radius 1 is 0.806 bits per heavy atom. The molecule has 0 radical (unpaired) electrons. The minimum Gasteiger partial charge on any atom is -0.497 e. The number of nitrogens with zero attached hydrogens (tertiary/aromatic N) is 1. The van der Waals surface area contributed by atoms with Gasteiger partial charge in [-0.05, 0) is 59.2 Å². The monoisotopic (exact) mass is 411 g/mol. The number of carbonyl (C=O) groups excluding carboxylic acids is 1. The van der Waals surface area contributed by atoms with Crippen LogP contribution in [-0.4, -0.2) is 13.0 Å². The van der Waals surface area contributed by atoms with Crippen molar-refractivity contribution < 1.29 is 13.9 Å². The van der Waals surface area contributed by atoms with Crippen LogP contribution in [0, 0.1) is 5.82 Å². The van der Waals surface area contributed by atoms with Gasteiger partial charge in [0.05, 0.1) is 13.7 Å². The van der Waals surface area contributed by atoms with E-state index in [0.29, 0.717) is 17.8 Å². The molecule has 0 saturated carbocycles. The van der Waals surface area contributed by atoms with Crippen molar-refractivity contribution in [1.29, 1.82) is 0 Å². The zero-order valence-corrected chi connectivity index (χ0v) is 17.2. The first kappa shape index (κ1) is 20.4. The lowest BCUT2D eigenvalue weighted by Crippen LogP contribution is -2.30. The van der Waals surface area contributed by atoms with E-state index in [9.17, 15) is 9.18 Å². The minimum absolute atomic E-state index is 0.176. The molecule has 0 N–H and O–H groups in total. The van der Waals surface area contributed by atoms with E-state index >= 15 is 0 Å². The number of carbonyl (C=O) groups is 1. The van der Waals surface area contributed by atoms with E-state index in [1.165, 1.54) is 12.1 Å². The zero-order chi connectivity index (χ0) is 21.6. The topological polar surface area (TPSA) is 29.5 Å². The maximum atomic E-state index is 13.9. The Labute approximate surface area is 181 Å². The molecule has 1 amide bonds. The summed E-state index contributed by atoms with van der Waals surface area (Å²) in [4.78, 5) is 14.8. The third kappa shape index (κ3) is 4.81. The molecule has 0 aliphatic rings. The number of halogens is 1. The van der Waals surface area contributed by atoms with Crippen molar-refractivity contribution in [3.63, 3.8) is 0 Å². The average Bonchev–Trinajstić information content (AvgIpc) is 2.83. The van der Waals surface area contributed by atoms with Crippen LogP contribution in [0.4, 0.5) is 10.1 Å². The number of methoxy groups -OCH3 is 1. The SMILES string of the molecule is COc1ccc(-c2ccc(CN(C(=O)c3ccccc3)c3cccc(F)c3)cc2)cc1. The van der Waals surface area contributed by atoms with Gasteiger partial charge in [-0.15, -0.1) is 0 Å². The third-order valence-corrected chi connectivity index (χ3v) is 5.10. The van der Waals surface area contributed by atoms with Crippen LogP contribution in [0.3, 0.4) is 0 Å². The van der Waals surface area contributed by atoms with Crippen LogP contribution in [0.1, 0.15) is 15.9 Å². The van der Waals surface area contributed by atoms with Gasteiger partial charge in [-0.1, -0.05) is 60.7 Å². The molecule has 4 rings (SSSR count). The second-order valence-corrected chi connectivity index (χ2v) is 7.16. The zero-order valence-electron chi connectivity index (χ0n) is 17.2. The summed E-state index contributed by atoms with van der Waals surface area (Å²) in [5.41, 5.74) is 4.17. The first-order valence-electron chi connectivity index (χ1n) is 10.00. The number of rotatable bonds is 6. The second-order valence-electron chi connectivity index (χ2n) is 7.16. The van der Waals surface area contributed by atoms with E-state index in [2.05, 4.69) is 0 Å². The van der Waals surface area contributed by atoms with Crippen LogP contribution >= 0.6 is 0 Å². The van der Waals surface area contributed by atoms with Gasteiger partial charge in [-0.2, -0.15) is 0 Å². The maximum Gasteiger partial charge on any atom is 0.258 e. The quantitative estimate of drug-likeness (QED) is 0.370. The largest absolute Gasteiger partial charge is 0.497 e. The molecule has 0 heterocycles. The molecule has 4 aromatic rings. The fourth-order valence-corrected chi connectivity index (χ4v) is 3.43. The van der Waals surface area contributed by atoms with Gasteiger partial charge in [0.25, 0.3) is 5.91 Å². The van der Waals surface area contributed by atoms with E-state index in [1.54, 1.807) is 36.3 Å². The van der Waals surface area contributed by atoms with Gasteiger partial charge >= 0.3 is 0 Å². The molecule has 0 atom stereocenters. The maximum absolute atomic E-state index is 13.9. The van der Waals surface area contributed by atoms with Crippen molar-refractivity contribution in [3.05, 3.63) is 120 Å². The Kier molecular flexibility index (Phi) is 6.08. The highest BCUT2D eigenvalue weighted by atomic mass is 19.1. The molecule has 0 saturated heterocycles. The number of benzene rings is 4. The molecule has 0 bridgehead atoms. The summed E-state index contributed by atoms with van der Waals surface area (Å²) in [6.45, 7) is 0.333. The minimum atomic E-state index is -0.377. The number of amides is 1. The fraction of sp³-hybridized carbons (Fsp3) is 0.0741. The third-order valence-electron chi connectivity index (χ3n) is 5.10. The molecular formula is C27H22FNO2. The highest BCUT2D eigenvalue weighted by Crippen LogP contribution is 2.25. The number of hydrogen-bond donors (Lipinski definition) is 0. The molecule has 0 spiro atoms. The summed E-state index contributed by atoms with van der Waals surface area (Å²) in [6, 6.07) is 31.0. The van der Waals surface area contributed by atoms with Gasteiger partial charge in [0.2, 0.25) is 0 Å². The summed E-state index contributed by atoms with van der Waals surface area (Å²) in [6.07, 6.45) is 0. The Morgan fingerprint density at radius 2 is 1.45 bits per heavy atom. The second kappa shape index (κ2) is 9.26. The van der Waals surface area contributed by atoms with Gasteiger partial charge in [-0.25, -0.2) is 4.39 Å². The Balaban J connectivity index is 1.61. The van der Waals surface area contributed by atoms with Crippen molar-refractivity contribution in [2.75, 3.05) is 12.0 Å². The van der Waals surface area contributed by atoms with Crippen molar-refractivity contribution in [1.82, 2.24) is 0 Å². The van der Waals surface area contributed by atoms with Crippen molar-refractivity contribution >= 4 is 11.6 Å². The lowest BCUT2D eigenvalue weighted by atomic mass is 10.0. The van der Waals surface area contributed by atoms with Crippen molar-refractivity contribution in [2.24, 2.45) is 0 Å². The van der Waals surface area contributed by atoms with Gasteiger partial charge in [0.1, 0.15) is 11.6 Å². The lowest BCUT2D eigenvalue weighted by Gasteiger charge is -2.23. The Morgan fingerprint density at radius 3 is 2.06 bits per heavy atom. The number of anilines is 1. The summed E-state index contributed by atoms with van der Waals surface area (Å²) in [7, 11) is 1.64. The highest BCUT2D eigenvalue weighted by Gasteiger charge is 2.18. The smallest absolute Gasteiger partial charge is 0.258 e. The highest BCUT2D eigenvalue weighted by molar-refractivity contribution is 6.06. The molecule has 3 nitrogen and oxygen atoms in total. The van der Waals surface area contributed by atoms with Crippen LogP contribution in [-0.2, 0) is 6.54 Å².